The number of fused-ring (bicyclic) bond motifs is 1. The largest absolute Gasteiger partial charge is 0.508 e. The lowest BCUT2D eigenvalue weighted by atomic mass is 9.81. The lowest BCUT2D eigenvalue weighted by molar-refractivity contribution is -0.137. The van der Waals surface area contributed by atoms with Gasteiger partial charge in [-0.2, -0.15) is 0 Å². The van der Waals surface area contributed by atoms with E-state index in [0.29, 0.717) is 12.4 Å². The summed E-state index contributed by atoms with van der Waals surface area (Å²) in [6.07, 6.45) is 0.0672. The molecule has 1 aliphatic rings. The third-order valence-corrected chi connectivity index (χ3v) is 5.38. The number of nitrogens with two attached hydrogens (primary N) is 1. The van der Waals surface area contributed by atoms with Crippen molar-refractivity contribution >= 4 is 5.97 Å². The van der Waals surface area contributed by atoms with Crippen LogP contribution in [0.4, 0.5) is 0 Å². The van der Waals surface area contributed by atoms with Gasteiger partial charge in [0.05, 0.1) is 13.0 Å². The van der Waals surface area contributed by atoms with E-state index < -0.39 is 11.6 Å². The van der Waals surface area contributed by atoms with Crippen LogP contribution in [0.2, 0.25) is 0 Å². The fraction of sp³-hybridized carbons (Fsp3) is 0.240. The van der Waals surface area contributed by atoms with Crippen LogP contribution in [0, 0.1) is 0 Å². The van der Waals surface area contributed by atoms with Crippen molar-refractivity contribution in [3.8, 4) is 11.5 Å². The van der Waals surface area contributed by atoms with E-state index in [1.165, 1.54) is 6.07 Å². The molecule has 5 N–H and O–H groups in total. The lowest BCUT2D eigenvalue weighted by Crippen LogP contribution is -2.44. The molecular formula is C25H27NO5. The average molecular weight is 421 g/mol. The molecule has 31 heavy (non-hydrogen) atoms. The molecule has 0 aromatic heterocycles. The Balaban J connectivity index is 0.000000179. The van der Waals surface area contributed by atoms with Gasteiger partial charge in [-0.15, -0.1) is 0 Å². The number of rotatable bonds is 5. The Morgan fingerprint density at radius 1 is 1.06 bits per heavy atom. The van der Waals surface area contributed by atoms with Crippen LogP contribution in [0.3, 0.4) is 0 Å². The number of aromatic hydroxyl groups is 1. The maximum absolute atomic E-state index is 10.9. The van der Waals surface area contributed by atoms with Gasteiger partial charge in [0.2, 0.25) is 0 Å². The number of carbonyl (C=O) groups is 1. The molecule has 162 valence electrons. The standard InChI is InChI=1S/C15H17NO.C10H10O4/c1-12(16)15(17,13-8-4-2-5-9-13)14-10-6-3-7-11-14;11-7-1-2-8-6(3-10(12)13)5-14-9(8)4-7/h2-12,17H,16H2,1H3;1-2,4,6,11H,3,5H2,(H,12,13)/t12-;6-/m10/s1. The summed E-state index contributed by atoms with van der Waals surface area (Å²) in [5.74, 6) is -0.196. The highest BCUT2D eigenvalue weighted by molar-refractivity contribution is 5.68. The van der Waals surface area contributed by atoms with Crippen LogP contribution in [0.15, 0.2) is 78.9 Å². The van der Waals surface area contributed by atoms with Crippen molar-refractivity contribution in [3.63, 3.8) is 0 Å². The molecule has 0 radical (unpaired) electrons. The summed E-state index contributed by atoms with van der Waals surface area (Å²) in [5.41, 5.74) is 7.36. The number of carboxylic acid groups (broad SMARTS) is 1. The fourth-order valence-electron chi connectivity index (χ4n) is 3.72. The second-order valence-electron chi connectivity index (χ2n) is 7.62. The molecule has 4 rings (SSSR count). The van der Waals surface area contributed by atoms with Crippen LogP contribution >= 0.6 is 0 Å². The Hall–Kier alpha value is -3.35. The molecule has 0 aliphatic carbocycles. The van der Waals surface area contributed by atoms with Gasteiger partial charge in [0, 0.05) is 23.6 Å². The topological polar surface area (TPSA) is 113 Å². The first kappa shape index (κ1) is 22.3. The Kier molecular flexibility index (Phi) is 6.95. The summed E-state index contributed by atoms with van der Waals surface area (Å²) in [4.78, 5) is 10.5. The summed E-state index contributed by atoms with van der Waals surface area (Å²) < 4.78 is 5.27. The monoisotopic (exact) mass is 421 g/mol. The number of carboxylic acids is 1. The summed E-state index contributed by atoms with van der Waals surface area (Å²) in [7, 11) is 0. The second kappa shape index (κ2) is 9.64. The minimum Gasteiger partial charge on any atom is -0.508 e. The summed E-state index contributed by atoms with van der Waals surface area (Å²) in [6, 6.07) is 23.5. The van der Waals surface area contributed by atoms with Crippen LogP contribution in [-0.2, 0) is 10.4 Å². The molecular weight excluding hydrogens is 394 g/mol. The summed E-state index contributed by atoms with van der Waals surface area (Å²) in [6.45, 7) is 2.20. The molecule has 0 saturated heterocycles. The molecule has 0 spiro atoms. The van der Waals surface area contributed by atoms with E-state index >= 15 is 0 Å². The van der Waals surface area contributed by atoms with Gasteiger partial charge in [-0.1, -0.05) is 66.7 Å². The molecule has 0 unspecified atom stereocenters. The number of phenols is 1. The first-order valence-corrected chi connectivity index (χ1v) is 10.1. The van der Waals surface area contributed by atoms with Crippen LogP contribution in [0.25, 0.3) is 0 Å². The predicted molar refractivity (Wildman–Crippen MR) is 118 cm³/mol. The van der Waals surface area contributed by atoms with Gasteiger partial charge in [-0.3, -0.25) is 4.79 Å². The van der Waals surface area contributed by atoms with Crippen molar-refractivity contribution in [1.29, 1.82) is 0 Å². The van der Waals surface area contributed by atoms with Crippen LogP contribution < -0.4 is 10.5 Å². The Morgan fingerprint density at radius 3 is 2.10 bits per heavy atom. The highest BCUT2D eigenvalue weighted by Crippen LogP contribution is 2.37. The van der Waals surface area contributed by atoms with Gasteiger partial charge < -0.3 is 25.8 Å². The number of aliphatic hydroxyl groups is 1. The van der Waals surface area contributed by atoms with E-state index in [0.717, 1.165) is 16.7 Å². The van der Waals surface area contributed by atoms with Crippen molar-refractivity contribution < 1.29 is 24.9 Å². The van der Waals surface area contributed by atoms with Gasteiger partial charge in [0.15, 0.2) is 0 Å². The molecule has 3 aromatic carbocycles. The SMILES string of the molecule is C[C@@H](N)C(O)(c1ccccc1)c1ccccc1.O=C(O)C[C@H]1COc2cc(O)ccc21. The maximum atomic E-state index is 10.9. The first-order chi connectivity index (χ1) is 14.8. The minimum absolute atomic E-state index is 0.0672. The quantitative estimate of drug-likeness (QED) is 0.501. The van der Waals surface area contributed by atoms with Crippen molar-refractivity contribution in [2.45, 2.75) is 30.9 Å². The highest BCUT2D eigenvalue weighted by atomic mass is 16.5. The molecule has 3 aromatic rings. The summed E-state index contributed by atoms with van der Waals surface area (Å²) >= 11 is 0. The van der Waals surface area contributed by atoms with Crippen molar-refractivity contribution in [2.24, 2.45) is 5.73 Å². The number of ether oxygens (including phenoxy) is 1. The highest BCUT2D eigenvalue weighted by Gasteiger charge is 2.35. The lowest BCUT2D eigenvalue weighted by Gasteiger charge is -2.33. The van der Waals surface area contributed by atoms with Gasteiger partial charge in [-0.05, 0) is 24.1 Å². The van der Waals surface area contributed by atoms with Gasteiger partial charge in [0.1, 0.15) is 17.1 Å². The second-order valence-corrected chi connectivity index (χ2v) is 7.62. The normalized spacial score (nSPS) is 15.8. The van der Waals surface area contributed by atoms with Crippen molar-refractivity contribution in [1.82, 2.24) is 0 Å². The predicted octanol–water partition coefficient (Wildman–Crippen LogP) is 3.61. The molecule has 2 atom stereocenters. The zero-order valence-corrected chi connectivity index (χ0v) is 17.3. The third kappa shape index (κ3) is 5.05. The van der Waals surface area contributed by atoms with E-state index in [1.54, 1.807) is 12.1 Å². The Labute approximate surface area is 181 Å². The fourth-order valence-corrected chi connectivity index (χ4v) is 3.72. The van der Waals surface area contributed by atoms with Gasteiger partial charge in [0.25, 0.3) is 0 Å². The van der Waals surface area contributed by atoms with E-state index in [4.69, 9.17) is 20.7 Å². The maximum Gasteiger partial charge on any atom is 0.304 e. The molecule has 6 heteroatoms. The van der Waals surface area contributed by atoms with Crippen LogP contribution in [-0.4, -0.2) is 33.9 Å². The van der Waals surface area contributed by atoms with Crippen molar-refractivity contribution in [2.75, 3.05) is 6.61 Å². The van der Waals surface area contributed by atoms with E-state index in [9.17, 15) is 9.90 Å². The molecule has 0 amide bonds. The summed E-state index contributed by atoms with van der Waals surface area (Å²) in [5, 5.41) is 28.7. The zero-order valence-electron chi connectivity index (χ0n) is 17.3. The Morgan fingerprint density at radius 2 is 1.61 bits per heavy atom. The van der Waals surface area contributed by atoms with E-state index in [2.05, 4.69) is 0 Å². The third-order valence-electron chi connectivity index (χ3n) is 5.38. The average Bonchev–Trinajstić information content (AvgIpc) is 3.15. The van der Waals surface area contributed by atoms with E-state index in [-0.39, 0.29) is 24.1 Å². The van der Waals surface area contributed by atoms with Crippen LogP contribution in [0.1, 0.15) is 36.0 Å². The molecule has 1 aliphatic heterocycles. The number of hydrogen-bond donors (Lipinski definition) is 4. The van der Waals surface area contributed by atoms with Gasteiger partial charge >= 0.3 is 5.97 Å². The molecule has 6 nitrogen and oxygen atoms in total. The van der Waals surface area contributed by atoms with Gasteiger partial charge in [-0.25, -0.2) is 0 Å². The molecule has 0 fully saturated rings. The molecule has 0 saturated carbocycles. The zero-order chi connectivity index (χ0) is 22.4. The number of hydrogen-bond acceptors (Lipinski definition) is 5. The van der Waals surface area contributed by atoms with E-state index in [1.807, 2.05) is 67.6 Å². The minimum atomic E-state index is -1.14. The number of benzene rings is 3. The number of aliphatic carboxylic acids is 1. The first-order valence-electron chi connectivity index (χ1n) is 10.1. The number of phenolic OH excluding ortho intramolecular Hbond substituents is 1. The molecule has 0 bridgehead atoms. The molecule has 1 heterocycles. The van der Waals surface area contributed by atoms with Crippen molar-refractivity contribution in [3.05, 3.63) is 95.6 Å². The smallest absolute Gasteiger partial charge is 0.304 e. The van der Waals surface area contributed by atoms with Crippen LogP contribution in [0.5, 0.6) is 11.5 Å². The Bertz CT molecular complexity index is 965.